The molecule has 3 aliphatic rings. The molecule has 1 spiro atoms. The van der Waals surface area contributed by atoms with Gasteiger partial charge in [-0.1, -0.05) is 20.9 Å². The van der Waals surface area contributed by atoms with E-state index in [-0.39, 0.29) is 31.3 Å². The Morgan fingerprint density at radius 2 is 1.78 bits per heavy atom. The standard InChI is InChI=1S/C12H13NO6S2.2CH4/c14-20(15)10-3-2-9-6-11(10)21(16,17)19-12(8-18-20)4-1-5-13(12)7-9;;/h2-3,6H,1,4-5,7-8H2;2*1H4. The first-order valence-electron chi connectivity index (χ1n) is 6.56. The van der Waals surface area contributed by atoms with Crippen LogP contribution in [0.4, 0.5) is 0 Å². The zero-order chi connectivity index (χ0) is 14.9. The maximum absolute atomic E-state index is 12.5. The lowest BCUT2D eigenvalue weighted by Gasteiger charge is -2.39. The molecule has 3 bridgehead atoms. The Bertz CT molecular complexity index is 833. The molecule has 23 heavy (non-hydrogen) atoms. The van der Waals surface area contributed by atoms with E-state index in [0.717, 1.165) is 12.0 Å². The van der Waals surface area contributed by atoms with Crippen LogP contribution in [-0.4, -0.2) is 40.6 Å². The van der Waals surface area contributed by atoms with Gasteiger partial charge < -0.3 is 0 Å². The molecule has 0 radical (unpaired) electrons. The molecule has 1 unspecified atom stereocenters. The van der Waals surface area contributed by atoms with Crippen molar-refractivity contribution in [3.8, 4) is 0 Å². The van der Waals surface area contributed by atoms with Crippen molar-refractivity contribution in [3.63, 3.8) is 0 Å². The molecule has 0 saturated carbocycles. The Morgan fingerprint density at radius 3 is 2.52 bits per heavy atom. The van der Waals surface area contributed by atoms with Gasteiger partial charge in [0.2, 0.25) is 0 Å². The van der Waals surface area contributed by atoms with Crippen LogP contribution in [0.5, 0.6) is 0 Å². The van der Waals surface area contributed by atoms with Gasteiger partial charge >= 0.3 is 0 Å². The minimum absolute atomic E-state index is 0. The van der Waals surface area contributed by atoms with E-state index in [1.165, 1.54) is 12.1 Å². The second-order valence-electron chi connectivity index (χ2n) is 5.51. The summed E-state index contributed by atoms with van der Waals surface area (Å²) in [5.74, 6) is 0. The van der Waals surface area contributed by atoms with E-state index in [1.807, 2.05) is 4.90 Å². The highest BCUT2D eigenvalue weighted by atomic mass is 32.2. The lowest BCUT2D eigenvalue weighted by Crippen LogP contribution is -2.52. The molecule has 4 rings (SSSR count). The molecule has 0 aliphatic carbocycles. The molecule has 3 aliphatic heterocycles. The summed E-state index contributed by atoms with van der Waals surface area (Å²) in [6.45, 7) is 0.828. The van der Waals surface area contributed by atoms with Crippen LogP contribution in [-0.2, 0) is 35.1 Å². The number of rotatable bonds is 0. The van der Waals surface area contributed by atoms with Gasteiger partial charge in [-0.25, -0.2) is 4.18 Å². The van der Waals surface area contributed by atoms with Crippen molar-refractivity contribution in [3.05, 3.63) is 23.8 Å². The summed E-state index contributed by atoms with van der Waals surface area (Å²) in [5, 5.41) is 0. The van der Waals surface area contributed by atoms with Gasteiger partial charge in [0.05, 0.1) is 0 Å². The predicted octanol–water partition coefficient (Wildman–Crippen LogP) is 1.69. The van der Waals surface area contributed by atoms with Gasteiger partial charge in [-0.3, -0.25) is 9.08 Å². The van der Waals surface area contributed by atoms with E-state index in [4.69, 9.17) is 8.37 Å². The van der Waals surface area contributed by atoms with Crippen LogP contribution in [0.3, 0.4) is 0 Å². The van der Waals surface area contributed by atoms with Gasteiger partial charge in [-0.15, -0.1) is 0 Å². The Labute approximate surface area is 137 Å². The monoisotopic (exact) mass is 363 g/mol. The summed E-state index contributed by atoms with van der Waals surface area (Å²) in [5.41, 5.74) is -0.475. The van der Waals surface area contributed by atoms with Crippen molar-refractivity contribution in [1.82, 2.24) is 4.90 Å². The van der Waals surface area contributed by atoms with Crippen LogP contribution in [0.1, 0.15) is 33.3 Å². The summed E-state index contributed by atoms with van der Waals surface area (Å²) in [4.78, 5) is 1.15. The molecule has 1 aromatic carbocycles. The van der Waals surface area contributed by atoms with Crippen molar-refractivity contribution in [2.24, 2.45) is 0 Å². The van der Waals surface area contributed by atoms with E-state index in [2.05, 4.69) is 0 Å². The van der Waals surface area contributed by atoms with E-state index < -0.39 is 26.0 Å². The maximum atomic E-state index is 12.5. The van der Waals surface area contributed by atoms with Crippen molar-refractivity contribution >= 4 is 20.2 Å². The van der Waals surface area contributed by atoms with Crippen molar-refractivity contribution < 1.29 is 25.2 Å². The van der Waals surface area contributed by atoms with Gasteiger partial charge in [-0.2, -0.15) is 16.8 Å². The summed E-state index contributed by atoms with van der Waals surface area (Å²) in [6.07, 6.45) is 1.14. The van der Waals surface area contributed by atoms with Crippen LogP contribution in [0.2, 0.25) is 0 Å². The molecule has 130 valence electrons. The summed E-state index contributed by atoms with van der Waals surface area (Å²) in [6, 6.07) is 4.25. The van der Waals surface area contributed by atoms with Crippen molar-refractivity contribution in [2.45, 2.75) is 49.8 Å². The average molecular weight is 363 g/mol. The third-order valence-electron chi connectivity index (χ3n) is 4.20. The molecule has 7 nitrogen and oxygen atoms in total. The highest BCUT2D eigenvalue weighted by Gasteiger charge is 2.51. The van der Waals surface area contributed by atoms with Gasteiger partial charge in [0.1, 0.15) is 16.4 Å². The zero-order valence-electron chi connectivity index (χ0n) is 11.0. The van der Waals surface area contributed by atoms with Crippen LogP contribution in [0.25, 0.3) is 0 Å². The largest absolute Gasteiger partial charge is 0.300 e. The number of benzene rings is 1. The van der Waals surface area contributed by atoms with Gasteiger partial charge in [0.15, 0.2) is 5.72 Å². The van der Waals surface area contributed by atoms with Crippen molar-refractivity contribution in [1.29, 1.82) is 0 Å². The molecule has 9 heteroatoms. The summed E-state index contributed by atoms with van der Waals surface area (Å²) in [7, 11) is -8.28. The summed E-state index contributed by atoms with van der Waals surface area (Å²) < 4.78 is 60.0. The van der Waals surface area contributed by atoms with Crippen LogP contribution < -0.4 is 0 Å². The van der Waals surface area contributed by atoms with Gasteiger partial charge in [-0.05, 0) is 30.5 Å². The number of hydrogen-bond donors (Lipinski definition) is 0. The minimum atomic E-state index is -4.16. The Morgan fingerprint density at radius 1 is 1.04 bits per heavy atom. The highest BCUT2D eigenvalue weighted by molar-refractivity contribution is 7.90. The molecule has 1 fully saturated rings. The minimum Gasteiger partial charge on any atom is -0.268 e. The second-order valence-corrected chi connectivity index (χ2v) is 8.60. The van der Waals surface area contributed by atoms with E-state index in [9.17, 15) is 16.8 Å². The van der Waals surface area contributed by atoms with Gasteiger partial charge in [0.25, 0.3) is 20.2 Å². The average Bonchev–Trinajstić information content (AvgIpc) is 2.78. The fourth-order valence-electron chi connectivity index (χ4n) is 3.17. The molecule has 1 aromatic rings. The third kappa shape index (κ3) is 2.60. The SMILES string of the molecule is C.C.O=S1(=O)OCC23CCCN2Cc2ccc1c(c2)S(=O)(=O)O3. The van der Waals surface area contributed by atoms with Crippen LogP contribution >= 0.6 is 0 Å². The quantitative estimate of drug-likeness (QED) is 0.648. The smallest absolute Gasteiger partial charge is 0.268 e. The molecule has 0 aromatic heterocycles. The molecule has 3 heterocycles. The predicted molar refractivity (Wildman–Crippen MR) is 83.7 cm³/mol. The first-order valence-corrected chi connectivity index (χ1v) is 9.37. The van der Waals surface area contributed by atoms with E-state index in [1.54, 1.807) is 6.07 Å². The van der Waals surface area contributed by atoms with E-state index >= 15 is 0 Å². The van der Waals surface area contributed by atoms with Crippen molar-refractivity contribution in [2.75, 3.05) is 13.2 Å². The Balaban J connectivity index is 0.000000960. The number of fused-ring (bicyclic) bond motifs is 2. The maximum Gasteiger partial charge on any atom is 0.300 e. The second kappa shape index (κ2) is 5.52. The summed E-state index contributed by atoms with van der Waals surface area (Å²) >= 11 is 0. The van der Waals surface area contributed by atoms with Crippen LogP contribution in [0.15, 0.2) is 28.0 Å². The zero-order valence-corrected chi connectivity index (χ0v) is 12.6. The highest BCUT2D eigenvalue weighted by Crippen LogP contribution is 2.41. The Kier molecular flexibility index (Phi) is 4.40. The fraction of sp³-hybridized carbons (Fsp3) is 0.571. The van der Waals surface area contributed by atoms with Crippen LogP contribution in [0, 0.1) is 0 Å². The number of nitrogens with zero attached hydrogens (tertiary/aromatic N) is 1. The molecule has 0 N–H and O–H groups in total. The molecular weight excluding hydrogens is 342 g/mol. The molecule has 0 amide bonds. The molecule has 1 saturated heterocycles. The fourth-order valence-corrected chi connectivity index (χ4v) is 6.13. The first-order chi connectivity index (χ1) is 9.82. The van der Waals surface area contributed by atoms with E-state index in [0.29, 0.717) is 19.5 Å². The topological polar surface area (TPSA) is 90.0 Å². The van der Waals surface area contributed by atoms with Gasteiger partial charge in [0, 0.05) is 13.1 Å². The normalized spacial score (nSPS) is 30.1. The number of hydrogen-bond acceptors (Lipinski definition) is 7. The Hall–Kier alpha value is -1.00. The lowest BCUT2D eigenvalue weighted by molar-refractivity contribution is -0.0874. The molecular formula is C14H21NO6S2. The lowest BCUT2D eigenvalue weighted by atomic mass is 10.1. The first kappa shape index (κ1) is 18.3. The molecule has 1 atom stereocenters. The third-order valence-corrected chi connectivity index (χ3v) is 7.05.